The Morgan fingerprint density at radius 3 is 2.71 bits per heavy atom. The molecule has 4 heterocycles. The largest absolute Gasteiger partial charge is 0.445 e. The molecule has 1 saturated carbocycles. The van der Waals surface area contributed by atoms with Gasteiger partial charge < -0.3 is 18.6 Å². The first-order valence-corrected chi connectivity index (χ1v) is 11.0. The van der Waals surface area contributed by atoms with Gasteiger partial charge in [-0.25, -0.2) is 9.78 Å². The highest BCUT2D eigenvalue weighted by molar-refractivity contribution is 5.61. The fourth-order valence-corrected chi connectivity index (χ4v) is 4.95. The van der Waals surface area contributed by atoms with Crippen molar-refractivity contribution in [2.45, 2.75) is 56.0 Å². The van der Waals surface area contributed by atoms with Crippen LogP contribution in [0.15, 0.2) is 56.8 Å². The number of ether oxygens (including phenoxy) is 3. The number of benzene rings is 1. The molecule has 0 unspecified atom stereocenters. The van der Waals surface area contributed by atoms with Gasteiger partial charge in [0.1, 0.15) is 24.2 Å². The van der Waals surface area contributed by atoms with Crippen molar-refractivity contribution in [3.63, 3.8) is 0 Å². The number of hydrogen-bond acceptors (Lipinski definition) is 9. The van der Waals surface area contributed by atoms with Crippen LogP contribution in [-0.4, -0.2) is 37.5 Å². The van der Waals surface area contributed by atoms with Crippen molar-refractivity contribution >= 4 is 5.69 Å². The van der Waals surface area contributed by atoms with Gasteiger partial charge in [-0.05, 0) is 12.8 Å². The molecule has 0 radical (unpaired) electrons. The number of hydrogen-bond donors (Lipinski definition) is 1. The molecule has 3 aromatic rings. The lowest BCUT2D eigenvalue weighted by molar-refractivity contribution is -0.384. The van der Waals surface area contributed by atoms with E-state index in [1.807, 2.05) is 0 Å². The average Bonchev–Trinajstić information content (AvgIpc) is 3.60. The molecular formula is C22H20N4O8. The second-order valence-corrected chi connectivity index (χ2v) is 8.63. The van der Waals surface area contributed by atoms with Crippen LogP contribution in [0.4, 0.5) is 5.69 Å². The van der Waals surface area contributed by atoms with E-state index in [4.69, 9.17) is 18.6 Å². The van der Waals surface area contributed by atoms with Crippen LogP contribution in [0.3, 0.4) is 0 Å². The van der Waals surface area contributed by atoms with Crippen molar-refractivity contribution in [2.75, 3.05) is 0 Å². The molecule has 3 fully saturated rings. The Balaban J connectivity index is 1.36. The van der Waals surface area contributed by atoms with Crippen LogP contribution in [0.5, 0.6) is 0 Å². The van der Waals surface area contributed by atoms with Gasteiger partial charge in [-0.3, -0.25) is 24.5 Å². The summed E-state index contributed by atoms with van der Waals surface area (Å²) in [5.41, 5.74) is -0.288. The van der Waals surface area contributed by atoms with Crippen LogP contribution in [0.25, 0.3) is 11.3 Å². The maximum Gasteiger partial charge on any atom is 0.330 e. The summed E-state index contributed by atoms with van der Waals surface area (Å²) < 4.78 is 25.8. The molecule has 2 aromatic heterocycles. The number of non-ortho nitro benzene ring substituents is 1. The Labute approximate surface area is 191 Å². The second-order valence-electron chi connectivity index (χ2n) is 8.63. The van der Waals surface area contributed by atoms with Crippen molar-refractivity contribution in [3.05, 3.63) is 79.6 Å². The van der Waals surface area contributed by atoms with E-state index in [0.29, 0.717) is 11.3 Å². The zero-order chi connectivity index (χ0) is 23.4. The van der Waals surface area contributed by atoms with E-state index in [9.17, 15) is 19.7 Å². The molecule has 2 saturated heterocycles. The SMILES string of the molecule is O=c1ccn([C@@H]2O[C@H](c3nc(-c4cccc([N+](=O)[O-])c4)co3)[C@H]3OC4(CCCC4)O[C@H]32)c(=O)[nH]1. The number of H-pyrrole nitrogens is 1. The Hall–Kier alpha value is -3.61. The van der Waals surface area contributed by atoms with Crippen molar-refractivity contribution < 1.29 is 23.6 Å². The van der Waals surface area contributed by atoms with Gasteiger partial charge in [0.15, 0.2) is 18.1 Å². The molecule has 0 amide bonds. The molecule has 1 aliphatic carbocycles. The lowest BCUT2D eigenvalue weighted by atomic mass is 10.1. The molecule has 1 N–H and O–H groups in total. The molecule has 0 bridgehead atoms. The molecule has 6 rings (SSSR count). The van der Waals surface area contributed by atoms with E-state index < -0.39 is 46.5 Å². The van der Waals surface area contributed by atoms with Crippen molar-refractivity contribution in [1.29, 1.82) is 0 Å². The summed E-state index contributed by atoms with van der Waals surface area (Å²) in [6, 6.07) is 7.30. The summed E-state index contributed by atoms with van der Waals surface area (Å²) in [4.78, 5) is 41.4. The zero-order valence-corrected chi connectivity index (χ0v) is 17.8. The van der Waals surface area contributed by atoms with Gasteiger partial charge in [0.05, 0.1) is 4.92 Å². The minimum Gasteiger partial charge on any atom is -0.445 e. The molecule has 2 aliphatic heterocycles. The highest BCUT2D eigenvalue weighted by Crippen LogP contribution is 2.52. The minimum absolute atomic E-state index is 0.0626. The number of aromatic nitrogens is 3. The van der Waals surface area contributed by atoms with Gasteiger partial charge in [-0.15, -0.1) is 0 Å². The summed E-state index contributed by atoms with van der Waals surface area (Å²) in [7, 11) is 0. The van der Waals surface area contributed by atoms with Crippen LogP contribution in [0.1, 0.15) is 43.9 Å². The molecule has 1 spiro atoms. The van der Waals surface area contributed by atoms with E-state index in [2.05, 4.69) is 9.97 Å². The lowest BCUT2D eigenvalue weighted by Gasteiger charge is -2.26. The van der Waals surface area contributed by atoms with E-state index in [1.54, 1.807) is 12.1 Å². The zero-order valence-electron chi connectivity index (χ0n) is 17.8. The number of nitrogens with zero attached hydrogens (tertiary/aromatic N) is 3. The highest BCUT2D eigenvalue weighted by atomic mass is 16.8. The van der Waals surface area contributed by atoms with Crippen LogP contribution < -0.4 is 11.2 Å². The van der Waals surface area contributed by atoms with Crippen LogP contribution in [0.2, 0.25) is 0 Å². The van der Waals surface area contributed by atoms with Gasteiger partial charge in [-0.1, -0.05) is 12.1 Å². The second kappa shape index (κ2) is 7.72. The van der Waals surface area contributed by atoms with Crippen LogP contribution >= 0.6 is 0 Å². The smallest absolute Gasteiger partial charge is 0.330 e. The minimum atomic E-state index is -0.868. The fourth-order valence-electron chi connectivity index (χ4n) is 4.95. The molecule has 1 aromatic carbocycles. The molecule has 34 heavy (non-hydrogen) atoms. The Bertz CT molecular complexity index is 1370. The number of nitrogens with one attached hydrogen (secondary N) is 1. The summed E-state index contributed by atoms with van der Waals surface area (Å²) in [6.45, 7) is 0. The van der Waals surface area contributed by atoms with Gasteiger partial charge in [0.2, 0.25) is 5.89 Å². The van der Waals surface area contributed by atoms with Gasteiger partial charge in [-0.2, -0.15) is 0 Å². The average molecular weight is 468 g/mol. The molecule has 176 valence electrons. The van der Waals surface area contributed by atoms with Gasteiger partial charge >= 0.3 is 5.69 Å². The third kappa shape index (κ3) is 3.38. The van der Waals surface area contributed by atoms with Crippen LogP contribution in [0, 0.1) is 10.1 Å². The third-order valence-electron chi connectivity index (χ3n) is 6.50. The first kappa shape index (κ1) is 21.0. The Kier molecular flexibility index (Phi) is 4.76. The standard InChI is InChI=1S/C22H20N4O8/c27-15-6-9-25(21(28)24-15)20-18-16(33-22(34-18)7-1-2-8-22)17(32-20)19-23-14(11-31-19)12-4-3-5-13(10-12)26(29)30/h3-6,9-11,16-18,20H,1-2,7-8H2,(H,24,27,28)/t16-,17+,18-,20-/m1/s1. The molecule has 12 nitrogen and oxygen atoms in total. The number of aromatic amines is 1. The number of rotatable bonds is 4. The summed E-state index contributed by atoms with van der Waals surface area (Å²) in [5.74, 6) is -0.549. The van der Waals surface area contributed by atoms with Gasteiger partial charge in [0.25, 0.3) is 11.2 Å². The Morgan fingerprint density at radius 1 is 1.15 bits per heavy atom. The molecule has 4 atom stereocenters. The fraction of sp³-hybridized carbons (Fsp3) is 0.409. The lowest BCUT2D eigenvalue weighted by Crippen LogP contribution is -2.37. The monoisotopic (exact) mass is 468 g/mol. The van der Waals surface area contributed by atoms with E-state index in [0.717, 1.165) is 25.7 Å². The molecule has 3 aliphatic rings. The van der Waals surface area contributed by atoms with Gasteiger partial charge in [0, 0.05) is 42.8 Å². The summed E-state index contributed by atoms with van der Waals surface area (Å²) >= 11 is 0. The maximum absolute atomic E-state index is 12.5. The predicted molar refractivity (Wildman–Crippen MR) is 114 cm³/mol. The van der Waals surface area contributed by atoms with Crippen molar-refractivity contribution in [1.82, 2.24) is 14.5 Å². The van der Waals surface area contributed by atoms with Crippen molar-refractivity contribution in [3.8, 4) is 11.3 Å². The predicted octanol–water partition coefficient (Wildman–Crippen LogP) is 2.42. The normalized spacial score (nSPS) is 27.3. The quantitative estimate of drug-likeness (QED) is 0.449. The van der Waals surface area contributed by atoms with Crippen LogP contribution in [-0.2, 0) is 14.2 Å². The molecular weight excluding hydrogens is 448 g/mol. The van der Waals surface area contributed by atoms with E-state index in [1.165, 1.54) is 35.2 Å². The summed E-state index contributed by atoms with van der Waals surface area (Å²) in [5, 5.41) is 11.1. The van der Waals surface area contributed by atoms with E-state index in [-0.39, 0.29) is 11.6 Å². The van der Waals surface area contributed by atoms with Crippen molar-refractivity contribution in [2.24, 2.45) is 0 Å². The number of nitro benzene ring substituents is 1. The highest BCUT2D eigenvalue weighted by Gasteiger charge is 2.61. The number of nitro groups is 1. The summed E-state index contributed by atoms with van der Waals surface area (Å²) in [6.07, 6.45) is 3.25. The molecule has 12 heteroatoms. The first-order valence-electron chi connectivity index (χ1n) is 11.0. The first-order chi connectivity index (χ1) is 16.4. The number of fused-ring (bicyclic) bond motifs is 1. The Morgan fingerprint density at radius 2 is 1.94 bits per heavy atom. The third-order valence-corrected chi connectivity index (χ3v) is 6.50. The van der Waals surface area contributed by atoms with E-state index >= 15 is 0 Å². The number of oxazole rings is 1. The maximum atomic E-state index is 12.5. The topological polar surface area (TPSA) is 152 Å².